The van der Waals surface area contributed by atoms with E-state index in [1.807, 2.05) is 0 Å². The van der Waals surface area contributed by atoms with Gasteiger partial charge in [0.1, 0.15) is 12.0 Å². The molecule has 0 radical (unpaired) electrons. The first-order valence-electron chi connectivity index (χ1n) is 8.57. The fraction of sp³-hybridized carbons (Fsp3) is 0.750. The van der Waals surface area contributed by atoms with Gasteiger partial charge < -0.3 is 24.6 Å². The highest BCUT2D eigenvalue weighted by molar-refractivity contribution is 8.14. The van der Waals surface area contributed by atoms with Crippen LogP contribution < -0.4 is 0 Å². The third-order valence-corrected chi connectivity index (χ3v) is 6.13. The average molecular weight is 386 g/mol. The molecule has 0 aromatic rings. The van der Waals surface area contributed by atoms with Crippen LogP contribution in [-0.4, -0.2) is 75.5 Å². The van der Waals surface area contributed by atoms with Gasteiger partial charge in [-0.3, -0.25) is 19.4 Å². The van der Waals surface area contributed by atoms with Gasteiger partial charge in [0.2, 0.25) is 0 Å². The molecule has 144 valence electrons. The van der Waals surface area contributed by atoms with Crippen molar-refractivity contribution in [2.75, 3.05) is 19.7 Å². The van der Waals surface area contributed by atoms with Crippen molar-refractivity contribution < 1.29 is 34.1 Å². The summed E-state index contributed by atoms with van der Waals surface area (Å²) >= 11 is 1.44. The van der Waals surface area contributed by atoms with Crippen molar-refractivity contribution in [3.8, 4) is 0 Å². The zero-order valence-electron chi connectivity index (χ0n) is 14.4. The van der Waals surface area contributed by atoms with E-state index in [0.717, 1.165) is 24.7 Å². The maximum atomic E-state index is 11.4. The smallest absolute Gasteiger partial charge is 0.303 e. The van der Waals surface area contributed by atoms with Gasteiger partial charge in [-0.15, -0.1) is 0 Å². The monoisotopic (exact) mass is 386 g/mol. The van der Waals surface area contributed by atoms with E-state index in [-0.39, 0.29) is 24.9 Å². The van der Waals surface area contributed by atoms with Gasteiger partial charge in [-0.25, -0.2) is 0 Å². The Morgan fingerprint density at radius 2 is 1.88 bits per heavy atom. The van der Waals surface area contributed by atoms with E-state index in [1.165, 1.54) is 18.7 Å². The SMILES string of the molecule is CC(=O)OC[C@@H]1O[C@@H]2SC(N3CCC3)=N[C@@H]2[C@H](CC(=O)O)[C@@H]1CC(=O)O. The van der Waals surface area contributed by atoms with Crippen LogP contribution in [0.25, 0.3) is 0 Å². The van der Waals surface area contributed by atoms with Crippen LogP contribution in [0.1, 0.15) is 26.2 Å². The lowest BCUT2D eigenvalue weighted by molar-refractivity contribution is -0.162. The average Bonchev–Trinajstić information content (AvgIpc) is 2.88. The summed E-state index contributed by atoms with van der Waals surface area (Å²) in [6.07, 6.45) is -0.0349. The number of aliphatic carboxylic acids is 2. The van der Waals surface area contributed by atoms with Crippen LogP contribution in [0.4, 0.5) is 0 Å². The fourth-order valence-electron chi connectivity index (χ4n) is 3.58. The molecule has 2 N–H and O–H groups in total. The Labute approximate surface area is 154 Å². The summed E-state index contributed by atoms with van der Waals surface area (Å²) in [5.74, 6) is -3.62. The topological polar surface area (TPSA) is 126 Å². The van der Waals surface area contributed by atoms with Gasteiger partial charge in [-0.1, -0.05) is 11.8 Å². The summed E-state index contributed by atoms with van der Waals surface area (Å²) in [5, 5.41) is 19.4. The lowest BCUT2D eigenvalue weighted by Gasteiger charge is -2.42. The molecular formula is C16H22N2O7S. The van der Waals surface area contributed by atoms with Crippen LogP contribution in [0.15, 0.2) is 4.99 Å². The lowest BCUT2D eigenvalue weighted by atomic mass is 9.76. The third-order valence-electron chi connectivity index (χ3n) is 4.93. The second kappa shape index (κ2) is 7.83. The number of fused-ring (bicyclic) bond motifs is 1. The van der Waals surface area contributed by atoms with Crippen LogP contribution in [0.2, 0.25) is 0 Å². The van der Waals surface area contributed by atoms with Gasteiger partial charge in [0.05, 0.1) is 25.0 Å². The number of rotatable bonds is 6. The third kappa shape index (κ3) is 4.12. The van der Waals surface area contributed by atoms with E-state index in [0.29, 0.717) is 0 Å². The number of carbonyl (C=O) groups is 3. The molecule has 0 aromatic carbocycles. The molecule has 26 heavy (non-hydrogen) atoms. The molecule has 3 aliphatic heterocycles. The molecule has 2 fully saturated rings. The predicted molar refractivity (Wildman–Crippen MR) is 91.8 cm³/mol. The predicted octanol–water partition coefficient (Wildman–Crippen LogP) is 0.633. The van der Waals surface area contributed by atoms with E-state index >= 15 is 0 Å². The van der Waals surface area contributed by atoms with Crippen LogP contribution in [-0.2, 0) is 23.9 Å². The summed E-state index contributed by atoms with van der Waals surface area (Å²) in [6, 6.07) is -0.412. The molecule has 2 saturated heterocycles. The van der Waals surface area contributed by atoms with E-state index in [4.69, 9.17) is 9.47 Å². The minimum absolute atomic E-state index is 0.0910. The summed E-state index contributed by atoms with van der Waals surface area (Å²) in [5.41, 5.74) is -0.388. The highest BCUT2D eigenvalue weighted by Crippen LogP contribution is 2.45. The number of thioether (sulfide) groups is 1. The number of carbonyl (C=O) groups excluding carboxylic acids is 1. The number of hydrogen-bond donors (Lipinski definition) is 2. The summed E-state index contributed by atoms with van der Waals surface area (Å²) in [7, 11) is 0. The largest absolute Gasteiger partial charge is 0.481 e. The Bertz CT molecular complexity index is 622. The number of likely N-dealkylation sites (tertiary alicyclic amines) is 1. The number of carboxylic acid groups (broad SMARTS) is 2. The first-order valence-corrected chi connectivity index (χ1v) is 9.45. The standard InChI is InChI=1S/C16H22N2O7S/c1-8(19)24-7-11-9(5-12(20)21)10(6-13(22)23)14-15(25-11)26-16(17-14)18-3-2-4-18/h9-11,14-15H,2-7H2,1H3,(H,20,21)(H,22,23)/t9-,10+,11-,14+,15+/m0/s1. The minimum atomic E-state index is -1.04. The molecule has 10 heteroatoms. The Balaban J connectivity index is 1.84. The maximum Gasteiger partial charge on any atom is 0.303 e. The van der Waals surface area contributed by atoms with Crippen molar-refractivity contribution in [3.63, 3.8) is 0 Å². The molecule has 0 saturated carbocycles. The zero-order valence-corrected chi connectivity index (χ0v) is 15.2. The second-order valence-electron chi connectivity index (χ2n) is 6.73. The fourth-order valence-corrected chi connectivity index (χ4v) is 4.91. The van der Waals surface area contributed by atoms with Gasteiger partial charge in [-0.05, 0) is 6.42 Å². The Morgan fingerprint density at radius 3 is 2.42 bits per heavy atom. The van der Waals surface area contributed by atoms with Gasteiger partial charge >= 0.3 is 17.9 Å². The Morgan fingerprint density at radius 1 is 1.23 bits per heavy atom. The maximum absolute atomic E-state index is 11.4. The van der Waals surface area contributed by atoms with E-state index in [9.17, 15) is 24.6 Å². The molecule has 0 unspecified atom stereocenters. The van der Waals surface area contributed by atoms with Crippen LogP contribution in [0, 0.1) is 11.8 Å². The molecule has 5 atom stereocenters. The van der Waals surface area contributed by atoms with Gasteiger partial charge in [-0.2, -0.15) is 0 Å². The van der Waals surface area contributed by atoms with Crippen molar-refractivity contribution in [2.45, 2.75) is 43.8 Å². The number of aliphatic imine (C=N–C) groups is 1. The highest BCUT2D eigenvalue weighted by Gasteiger charge is 2.51. The quantitative estimate of drug-likeness (QED) is 0.632. The summed E-state index contributed by atoms with van der Waals surface area (Å²) < 4.78 is 11.1. The van der Waals surface area contributed by atoms with E-state index in [1.54, 1.807) is 0 Å². The number of carboxylic acids is 2. The van der Waals surface area contributed by atoms with Gasteiger partial charge in [0.15, 0.2) is 5.17 Å². The van der Waals surface area contributed by atoms with E-state index < -0.39 is 41.9 Å². The molecule has 0 spiro atoms. The molecule has 0 amide bonds. The van der Waals surface area contributed by atoms with Crippen LogP contribution >= 0.6 is 11.8 Å². The number of esters is 1. The summed E-state index contributed by atoms with van der Waals surface area (Å²) in [4.78, 5) is 40.7. The van der Waals surface area contributed by atoms with Crippen molar-refractivity contribution in [1.82, 2.24) is 4.90 Å². The van der Waals surface area contributed by atoms with Crippen molar-refractivity contribution >= 4 is 34.8 Å². The first-order chi connectivity index (χ1) is 12.3. The molecule has 3 heterocycles. The number of amidine groups is 1. The molecule has 9 nitrogen and oxygen atoms in total. The molecule has 3 aliphatic rings. The molecule has 0 aromatic heterocycles. The first kappa shape index (κ1) is 19.0. The van der Waals surface area contributed by atoms with Gasteiger partial charge in [0.25, 0.3) is 0 Å². The molecule has 3 rings (SSSR count). The highest BCUT2D eigenvalue weighted by atomic mass is 32.2. The van der Waals surface area contributed by atoms with Gasteiger partial charge in [0, 0.05) is 31.8 Å². The van der Waals surface area contributed by atoms with Crippen molar-refractivity contribution in [2.24, 2.45) is 16.8 Å². The van der Waals surface area contributed by atoms with Crippen molar-refractivity contribution in [1.29, 1.82) is 0 Å². The zero-order chi connectivity index (χ0) is 18.8. The normalized spacial score (nSPS) is 33.0. The lowest BCUT2D eigenvalue weighted by Crippen LogP contribution is -2.50. The van der Waals surface area contributed by atoms with E-state index in [2.05, 4.69) is 9.89 Å². The number of hydrogen-bond acceptors (Lipinski definition) is 8. The Kier molecular flexibility index (Phi) is 5.71. The van der Waals surface area contributed by atoms with Crippen LogP contribution in [0.5, 0.6) is 0 Å². The number of nitrogens with zero attached hydrogens (tertiary/aromatic N) is 2. The van der Waals surface area contributed by atoms with Crippen molar-refractivity contribution in [3.05, 3.63) is 0 Å². The minimum Gasteiger partial charge on any atom is -0.481 e. The number of ether oxygens (including phenoxy) is 2. The molecular weight excluding hydrogens is 364 g/mol. The molecule has 0 aliphatic carbocycles. The van der Waals surface area contributed by atoms with Crippen LogP contribution in [0.3, 0.4) is 0 Å². The summed E-state index contributed by atoms with van der Waals surface area (Å²) in [6.45, 7) is 2.99. The Hall–Kier alpha value is -1.81. The molecule has 0 bridgehead atoms. The second-order valence-corrected chi connectivity index (χ2v) is 7.80.